The molecule has 24 heavy (non-hydrogen) atoms. The molecule has 0 unspecified atom stereocenters. The van der Waals surface area contributed by atoms with Gasteiger partial charge in [-0.3, -0.25) is 0 Å². The van der Waals surface area contributed by atoms with Crippen molar-refractivity contribution in [1.29, 1.82) is 0 Å². The van der Waals surface area contributed by atoms with E-state index in [2.05, 4.69) is 10.6 Å². The van der Waals surface area contributed by atoms with Gasteiger partial charge in [0.1, 0.15) is 19.0 Å². The number of halogens is 1. The number of anilines is 1. The molecular formula is C18H17FN2O3. The van der Waals surface area contributed by atoms with Gasteiger partial charge in [0.25, 0.3) is 0 Å². The van der Waals surface area contributed by atoms with Gasteiger partial charge in [0, 0.05) is 5.69 Å². The minimum Gasteiger partial charge on any atom is -0.486 e. The van der Waals surface area contributed by atoms with Gasteiger partial charge in [0.05, 0.1) is 5.54 Å². The van der Waals surface area contributed by atoms with E-state index < -0.39 is 5.54 Å². The van der Waals surface area contributed by atoms with Crippen LogP contribution in [0.3, 0.4) is 0 Å². The maximum Gasteiger partial charge on any atom is 0.319 e. The molecule has 6 heteroatoms. The first-order valence-corrected chi connectivity index (χ1v) is 7.90. The van der Waals surface area contributed by atoms with Gasteiger partial charge >= 0.3 is 6.03 Å². The fourth-order valence-corrected chi connectivity index (χ4v) is 2.90. The van der Waals surface area contributed by atoms with E-state index in [4.69, 9.17) is 9.47 Å². The molecule has 1 aliphatic heterocycles. The van der Waals surface area contributed by atoms with Crippen LogP contribution >= 0.6 is 0 Å². The summed E-state index contributed by atoms with van der Waals surface area (Å²) in [6, 6.07) is 11.2. The van der Waals surface area contributed by atoms with E-state index >= 15 is 0 Å². The average molecular weight is 328 g/mol. The lowest BCUT2D eigenvalue weighted by Crippen LogP contribution is -2.38. The molecule has 4 rings (SSSR count). The zero-order chi connectivity index (χ0) is 16.6. The highest BCUT2D eigenvalue weighted by Gasteiger charge is 2.46. The second-order valence-electron chi connectivity index (χ2n) is 6.03. The van der Waals surface area contributed by atoms with Crippen molar-refractivity contribution in [1.82, 2.24) is 5.32 Å². The summed E-state index contributed by atoms with van der Waals surface area (Å²) < 4.78 is 24.3. The molecule has 124 valence electrons. The highest BCUT2D eigenvalue weighted by molar-refractivity contribution is 5.90. The summed E-state index contributed by atoms with van der Waals surface area (Å²) in [4.78, 5) is 12.2. The zero-order valence-corrected chi connectivity index (χ0v) is 13.0. The van der Waals surface area contributed by atoms with Crippen molar-refractivity contribution < 1.29 is 18.7 Å². The Morgan fingerprint density at radius 2 is 1.83 bits per heavy atom. The van der Waals surface area contributed by atoms with Crippen molar-refractivity contribution in [2.45, 2.75) is 18.4 Å². The van der Waals surface area contributed by atoms with Gasteiger partial charge in [-0.1, -0.05) is 12.1 Å². The zero-order valence-electron chi connectivity index (χ0n) is 13.0. The van der Waals surface area contributed by atoms with Crippen molar-refractivity contribution in [3.8, 4) is 11.5 Å². The molecule has 1 fully saturated rings. The Balaban J connectivity index is 1.48. The van der Waals surface area contributed by atoms with Crippen molar-refractivity contribution in [2.24, 2.45) is 0 Å². The summed E-state index contributed by atoms with van der Waals surface area (Å²) in [6.07, 6.45) is 1.70. The smallest absolute Gasteiger partial charge is 0.319 e. The Bertz CT molecular complexity index is 790. The van der Waals surface area contributed by atoms with Crippen LogP contribution in [0.15, 0.2) is 42.5 Å². The van der Waals surface area contributed by atoms with Crippen LogP contribution < -0.4 is 20.1 Å². The van der Waals surface area contributed by atoms with Gasteiger partial charge < -0.3 is 20.1 Å². The van der Waals surface area contributed by atoms with Gasteiger partial charge in [-0.15, -0.1) is 0 Å². The molecule has 2 amide bonds. The average Bonchev–Trinajstić information content (AvgIpc) is 3.35. The number of nitrogens with one attached hydrogen (secondary N) is 2. The molecule has 0 spiro atoms. The van der Waals surface area contributed by atoms with Gasteiger partial charge in [0.2, 0.25) is 0 Å². The Labute approximate surface area is 138 Å². The molecule has 2 aromatic carbocycles. The quantitative estimate of drug-likeness (QED) is 0.908. The SMILES string of the molecule is O=C(Nc1cccc(F)c1)NC1(c2ccc3c(c2)OCCO3)CC1. The molecule has 0 aromatic heterocycles. The van der Waals surface area contributed by atoms with E-state index in [1.54, 1.807) is 12.1 Å². The monoisotopic (exact) mass is 328 g/mol. The largest absolute Gasteiger partial charge is 0.486 e. The second kappa shape index (κ2) is 5.70. The number of hydrogen-bond donors (Lipinski definition) is 2. The van der Waals surface area contributed by atoms with Crippen LogP contribution in [-0.2, 0) is 5.54 Å². The lowest BCUT2D eigenvalue weighted by molar-refractivity contribution is 0.171. The van der Waals surface area contributed by atoms with Crippen LogP contribution in [0.5, 0.6) is 11.5 Å². The molecule has 0 atom stereocenters. The van der Waals surface area contributed by atoms with Crippen molar-refractivity contribution >= 4 is 11.7 Å². The summed E-state index contributed by atoms with van der Waals surface area (Å²) in [7, 11) is 0. The highest BCUT2D eigenvalue weighted by atomic mass is 19.1. The van der Waals surface area contributed by atoms with E-state index in [0.717, 1.165) is 24.2 Å². The summed E-state index contributed by atoms with van der Waals surface area (Å²) in [5.74, 6) is 1.04. The summed E-state index contributed by atoms with van der Waals surface area (Å²) in [5.41, 5.74) is 1.01. The van der Waals surface area contributed by atoms with E-state index in [0.29, 0.717) is 24.7 Å². The number of ether oxygens (including phenoxy) is 2. The van der Waals surface area contributed by atoms with E-state index in [1.165, 1.54) is 12.1 Å². The van der Waals surface area contributed by atoms with Gasteiger partial charge in [-0.05, 0) is 48.7 Å². The fraction of sp³-hybridized carbons (Fsp3) is 0.278. The molecule has 0 saturated heterocycles. The molecule has 0 radical (unpaired) electrons. The predicted molar refractivity (Wildman–Crippen MR) is 86.9 cm³/mol. The third kappa shape index (κ3) is 2.87. The molecule has 1 heterocycles. The Morgan fingerprint density at radius 1 is 1.04 bits per heavy atom. The number of carbonyl (C=O) groups is 1. The molecule has 2 aliphatic rings. The number of hydrogen-bond acceptors (Lipinski definition) is 3. The Kier molecular flexibility index (Phi) is 3.52. The lowest BCUT2D eigenvalue weighted by atomic mass is 10.0. The normalized spacial score (nSPS) is 17.0. The van der Waals surface area contributed by atoms with Crippen LogP contribution in [-0.4, -0.2) is 19.2 Å². The molecule has 1 saturated carbocycles. The second-order valence-corrected chi connectivity index (χ2v) is 6.03. The molecular weight excluding hydrogens is 311 g/mol. The van der Waals surface area contributed by atoms with E-state index in [-0.39, 0.29) is 11.8 Å². The molecule has 2 N–H and O–H groups in total. The number of carbonyl (C=O) groups excluding carboxylic acids is 1. The van der Waals surface area contributed by atoms with Crippen LogP contribution in [0, 0.1) is 5.82 Å². The Hall–Kier alpha value is -2.76. The first-order chi connectivity index (χ1) is 11.6. The van der Waals surface area contributed by atoms with Crippen LogP contribution in [0.2, 0.25) is 0 Å². The molecule has 5 nitrogen and oxygen atoms in total. The summed E-state index contributed by atoms with van der Waals surface area (Å²) in [5, 5.41) is 5.65. The number of amides is 2. The third-order valence-corrected chi connectivity index (χ3v) is 4.28. The molecule has 2 aromatic rings. The topological polar surface area (TPSA) is 59.6 Å². The van der Waals surface area contributed by atoms with Gasteiger partial charge in [-0.2, -0.15) is 0 Å². The van der Waals surface area contributed by atoms with Crippen molar-refractivity contribution in [3.63, 3.8) is 0 Å². The number of benzene rings is 2. The number of urea groups is 1. The van der Waals surface area contributed by atoms with Crippen LogP contribution in [0.25, 0.3) is 0 Å². The maximum atomic E-state index is 13.2. The summed E-state index contributed by atoms with van der Waals surface area (Å²) in [6.45, 7) is 1.07. The van der Waals surface area contributed by atoms with Gasteiger partial charge in [0.15, 0.2) is 11.5 Å². The maximum absolute atomic E-state index is 13.2. The van der Waals surface area contributed by atoms with Crippen molar-refractivity contribution in [2.75, 3.05) is 18.5 Å². The lowest BCUT2D eigenvalue weighted by Gasteiger charge is -2.23. The van der Waals surface area contributed by atoms with E-state index in [1.807, 2.05) is 18.2 Å². The predicted octanol–water partition coefficient (Wildman–Crippen LogP) is 3.41. The number of fused-ring (bicyclic) bond motifs is 1. The van der Waals surface area contributed by atoms with Crippen molar-refractivity contribution in [3.05, 3.63) is 53.8 Å². The van der Waals surface area contributed by atoms with E-state index in [9.17, 15) is 9.18 Å². The fourth-order valence-electron chi connectivity index (χ4n) is 2.90. The minimum atomic E-state index is -0.396. The molecule has 1 aliphatic carbocycles. The Morgan fingerprint density at radius 3 is 2.58 bits per heavy atom. The first kappa shape index (κ1) is 14.8. The highest BCUT2D eigenvalue weighted by Crippen LogP contribution is 2.47. The third-order valence-electron chi connectivity index (χ3n) is 4.28. The number of rotatable bonds is 3. The summed E-state index contributed by atoms with van der Waals surface area (Å²) >= 11 is 0. The standard InChI is InChI=1S/C18H17FN2O3/c19-13-2-1-3-14(11-13)20-17(22)21-18(6-7-18)12-4-5-15-16(10-12)24-9-8-23-15/h1-5,10-11H,6-9H2,(H2,20,21,22). The minimum absolute atomic E-state index is 0.354. The first-order valence-electron chi connectivity index (χ1n) is 7.90. The molecule has 0 bridgehead atoms. The van der Waals surface area contributed by atoms with Gasteiger partial charge in [-0.25, -0.2) is 9.18 Å². The van der Waals surface area contributed by atoms with Crippen LogP contribution in [0.1, 0.15) is 18.4 Å². The van der Waals surface area contributed by atoms with Crippen LogP contribution in [0.4, 0.5) is 14.9 Å².